The Morgan fingerprint density at radius 1 is 0.659 bits per heavy atom. The minimum atomic E-state index is -0.127. The average Bonchev–Trinajstić information content (AvgIpc) is 2.96. The van der Waals surface area contributed by atoms with E-state index in [-0.39, 0.29) is 47.9 Å². The van der Waals surface area contributed by atoms with Crippen molar-refractivity contribution < 1.29 is 19.1 Å². The van der Waals surface area contributed by atoms with Crippen LogP contribution in [0.3, 0.4) is 0 Å². The zero-order chi connectivity index (χ0) is 33.5. The first-order valence-corrected chi connectivity index (χ1v) is 16.8. The van der Waals surface area contributed by atoms with E-state index in [0.717, 1.165) is 59.3 Å². The van der Waals surface area contributed by atoms with Gasteiger partial charge in [0.25, 0.3) is 0 Å². The van der Waals surface area contributed by atoms with E-state index in [4.69, 9.17) is 32.7 Å². The van der Waals surface area contributed by atoms with Gasteiger partial charge < -0.3 is 9.47 Å². The number of carbonyl (C=O) groups is 2. The van der Waals surface area contributed by atoms with Crippen LogP contribution in [-0.4, -0.2) is 50.2 Å². The van der Waals surface area contributed by atoms with Crippen molar-refractivity contribution >= 4 is 46.4 Å². The summed E-state index contributed by atoms with van der Waals surface area (Å²) in [5.41, 5.74) is 6.12. The second-order valence-electron chi connectivity index (χ2n) is 13.1. The minimum Gasteiger partial charge on any atom is -0.361 e. The summed E-state index contributed by atoms with van der Waals surface area (Å²) in [7, 11) is 0. The summed E-state index contributed by atoms with van der Waals surface area (Å²) in [6, 6.07) is 12.2. The van der Waals surface area contributed by atoms with Gasteiger partial charge in [-0.05, 0) is 59.8 Å². The lowest BCUT2D eigenvalue weighted by Gasteiger charge is -2.31. The zero-order valence-electron chi connectivity index (χ0n) is 28.8. The largest absolute Gasteiger partial charge is 0.361 e. The van der Waals surface area contributed by atoms with Crippen LogP contribution in [0.25, 0.3) is 0 Å². The van der Waals surface area contributed by atoms with Crippen molar-refractivity contribution in [2.75, 3.05) is 48.2 Å². The highest BCUT2D eigenvalue weighted by Crippen LogP contribution is 2.36. The fraction of sp³-hybridized carbons (Fsp3) is 0.611. The third-order valence-corrected chi connectivity index (χ3v) is 7.64. The summed E-state index contributed by atoms with van der Waals surface area (Å²) in [5, 5.41) is 0. The van der Waals surface area contributed by atoms with Gasteiger partial charge in [0.15, 0.2) is 0 Å². The van der Waals surface area contributed by atoms with E-state index in [9.17, 15) is 9.59 Å². The van der Waals surface area contributed by atoms with Crippen LogP contribution in [0.15, 0.2) is 36.4 Å². The predicted octanol–water partition coefficient (Wildman–Crippen LogP) is 9.28. The quantitative estimate of drug-likeness (QED) is 0.116. The number of rotatable bonds is 14. The van der Waals surface area contributed by atoms with Crippen LogP contribution in [0, 0.1) is 13.8 Å². The molecule has 8 heteroatoms. The van der Waals surface area contributed by atoms with Crippen LogP contribution in [0.2, 0.25) is 0 Å². The molecule has 2 aromatic carbocycles. The van der Waals surface area contributed by atoms with Crippen LogP contribution in [-0.2, 0) is 29.9 Å². The number of hydrogen-bond donors (Lipinski definition) is 0. The van der Waals surface area contributed by atoms with Gasteiger partial charge in [0, 0.05) is 13.2 Å². The standard InChI is InChI=1S/2C18H28ClNO2/c2*1-6-7-11-22-13-20(16(21)12-19)17-14(2)9-8-10-15(17)18(3,4)5/h2*8-10H,6-7,11-13H2,1-5H3. The molecule has 0 radical (unpaired) electrons. The molecule has 0 atom stereocenters. The summed E-state index contributed by atoms with van der Waals surface area (Å²) in [4.78, 5) is 28.0. The van der Waals surface area contributed by atoms with Gasteiger partial charge >= 0.3 is 0 Å². The monoisotopic (exact) mass is 650 g/mol. The molecule has 0 N–H and O–H groups in total. The molecule has 0 saturated heterocycles. The van der Waals surface area contributed by atoms with E-state index in [1.165, 1.54) is 0 Å². The van der Waals surface area contributed by atoms with E-state index in [1.54, 1.807) is 9.80 Å². The molecule has 0 aliphatic heterocycles. The molecule has 0 bridgehead atoms. The lowest BCUT2D eigenvalue weighted by molar-refractivity contribution is -0.118. The van der Waals surface area contributed by atoms with E-state index < -0.39 is 0 Å². The first-order chi connectivity index (χ1) is 20.6. The van der Waals surface area contributed by atoms with E-state index in [1.807, 2.05) is 38.1 Å². The first kappa shape index (κ1) is 39.9. The molecular formula is C36H56Cl2N2O4. The number of carbonyl (C=O) groups excluding carboxylic acids is 2. The van der Waals surface area contributed by atoms with Gasteiger partial charge in [-0.2, -0.15) is 0 Å². The number of aryl methyl sites for hydroxylation is 2. The maximum atomic E-state index is 12.3. The molecular weight excluding hydrogens is 595 g/mol. The second kappa shape index (κ2) is 19.4. The fourth-order valence-corrected chi connectivity index (χ4v) is 5.00. The molecule has 44 heavy (non-hydrogen) atoms. The van der Waals surface area contributed by atoms with Gasteiger partial charge in [-0.1, -0.05) is 105 Å². The van der Waals surface area contributed by atoms with Crippen molar-refractivity contribution in [3.05, 3.63) is 58.7 Å². The highest BCUT2D eigenvalue weighted by Gasteiger charge is 2.27. The topological polar surface area (TPSA) is 59.1 Å². The second-order valence-corrected chi connectivity index (χ2v) is 13.7. The molecule has 0 saturated carbocycles. The summed E-state index contributed by atoms with van der Waals surface area (Å²) >= 11 is 11.6. The van der Waals surface area contributed by atoms with Gasteiger partial charge in [0.2, 0.25) is 11.8 Å². The van der Waals surface area contributed by atoms with Crippen LogP contribution in [0.4, 0.5) is 11.4 Å². The molecule has 2 aromatic rings. The van der Waals surface area contributed by atoms with E-state index >= 15 is 0 Å². The molecule has 0 heterocycles. The molecule has 0 aromatic heterocycles. The Labute approximate surface area is 277 Å². The van der Waals surface area contributed by atoms with Gasteiger partial charge in [-0.3, -0.25) is 19.4 Å². The number of halogens is 2. The Balaban J connectivity index is 0.000000440. The number of para-hydroxylation sites is 2. The Hall–Kier alpha value is -2.12. The number of unbranched alkanes of at least 4 members (excludes halogenated alkanes) is 2. The van der Waals surface area contributed by atoms with Gasteiger partial charge in [0.05, 0.1) is 11.4 Å². The smallest absolute Gasteiger partial charge is 0.243 e. The third kappa shape index (κ3) is 12.3. The molecule has 0 spiro atoms. The summed E-state index contributed by atoms with van der Waals surface area (Å²) in [6.45, 7) is 22.9. The highest BCUT2D eigenvalue weighted by atomic mass is 35.5. The minimum absolute atomic E-state index is 0.0466. The maximum Gasteiger partial charge on any atom is 0.243 e. The molecule has 6 nitrogen and oxygen atoms in total. The molecule has 0 aliphatic rings. The summed E-state index contributed by atoms with van der Waals surface area (Å²) in [5.74, 6) is -0.347. The lowest BCUT2D eigenvalue weighted by atomic mass is 9.84. The van der Waals surface area contributed by atoms with Crippen molar-refractivity contribution in [1.82, 2.24) is 0 Å². The molecule has 0 unspecified atom stereocenters. The van der Waals surface area contributed by atoms with Crippen molar-refractivity contribution in [1.29, 1.82) is 0 Å². The van der Waals surface area contributed by atoms with Crippen molar-refractivity contribution in [2.24, 2.45) is 0 Å². The van der Waals surface area contributed by atoms with E-state index in [0.29, 0.717) is 13.2 Å². The fourth-order valence-electron chi connectivity index (χ4n) is 4.72. The number of hydrogen-bond acceptors (Lipinski definition) is 4. The number of benzene rings is 2. The predicted molar refractivity (Wildman–Crippen MR) is 188 cm³/mol. The molecule has 0 fully saturated rings. The van der Waals surface area contributed by atoms with Crippen LogP contribution >= 0.6 is 23.2 Å². The molecule has 2 amide bonds. The Morgan fingerprint density at radius 3 is 1.27 bits per heavy atom. The first-order valence-electron chi connectivity index (χ1n) is 15.7. The Bertz CT molecular complexity index is 1080. The average molecular weight is 652 g/mol. The molecule has 248 valence electrons. The molecule has 2 rings (SSSR count). The number of nitrogens with zero attached hydrogens (tertiary/aromatic N) is 2. The van der Waals surface area contributed by atoms with Crippen molar-refractivity contribution in [3.8, 4) is 0 Å². The van der Waals surface area contributed by atoms with Gasteiger partial charge in [-0.25, -0.2) is 0 Å². The number of anilines is 2. The van der Waals surface area contributed by atoms with Crippen LogP contribution in [0.1, 0.15) is 103 Å². The Kier molecular flexibility index (Phi) is 17.6. The molecule has 0 aliphatic carbocycles. The number of amides is 2. The van der Waals surface area contributed by atoms with Crippen LogP contribution < -0.4 is 9.80 Å². The maximum absolute atomic E-state index is 12.3. The third-order valence-electron chi connectivity index (χ3n) is 7.19. The summed E-state index contributed by atoms with van der Waals surface area (Å²) in [6.07, 6.45) is 4.12. The Morgan fingerprint density at radius 2 is 1.00 bits per heavy atom. The van der Waals surface area contributed by atoms with Gasteiger partial charge in [-0.15, -0.1) is 23.2 Å². The van der Waals surface area contributed by atoms with Crippen molar-refractivity contribution in [3.63, 3.8) is 0 Å². The summed E-state index contributed by atoms with van der Waals surface area (Å²) < 4.78 is 11.4. The van der Waals surface area contributed by atoms with Gasteiger partial charge in [0.1, 0.15) is 25.2 Å². The number of ether oxygens (including phenoxy) is 2. The lowest BCUT2D eigenvalue weighted by Crippen LogP contribution is -2.36. The van der Waals surface area contributed by atoms with Crippen LogP contribution in [0.5, 0.6) is 0 Å². The SMILES string of the molecule is CCCCOCN(C(=O)CCl)c1c(C)cccc1C(C)(C)C.CCCCOCN(C(=O)CCl)c1c(C)cccc1C(C)(C)C. The van der Waals surface area contributed by atoms with E-state index in [2.05, 4.69) is 67.5 Å². The normalized spacial score (nSPS) is 11.5. The highest BCUT2D eigenvalue weighted by molar-refractivity contribution is 6.30. The number of alkyl halides is 2. The van der Waals surface area contributed by atoms with Crippen molar-refractivity contribution in [2.45, 2.75) is 106 Å². The zero-order valence-corrected chi connectivity index (χ0v) is 30.3.